The fourth-order valence-corrected chi connectivity index (χ4v) is 3.58. The molecule has 126 valence electrons. The number of nitrogens with zero attached hydrogens (tertiary/aromatic N) is 1. The van der Waals surface area contributed by atoms with Crippen molar-refractivity contribution >= 4 is 5.91 Å². The molecule has 1 aromatic carbocycles. The van der Waals surface area contributed by atoms with Gasteiger partial charge in [0, 0.05) is 37.3 Å². The van der Waals surface area contributed by atoms with Crippen molar-refractivity contribution in [2.45, 2.75) is 37.3 Å². The van der Waals surface area contributed by atoms with Crippen LogP contribution in [0.4, 0.5) is 0 Å². The largest absolute Gasteiger partial charge is 0.487 e. The first-order chi connectivity index (χ1) is 11.8. The van der Waals surface area contributed by atoms with Gasteiger partial charge in [0.15, 0.2) is 0 Å². The van der Waals surface area contributed by atoms with Gasteiger partial charge in [-0.05, 0) is 31.4 Å². The maximum Gasteiger partial charge on any atom is 0.269 e. The minimum absolute atomic E-state index is 0.0190. The first-order valence-electron chi connectivity index (χ1n) is 8.55. The highest BCUT2D eigenvalue weighted by Crippen LogP contribution is 2.48. The number of nitrogens with one attached hydrogen (secondary N) is 3. The molecule has 1 saturated carbocycles. The van der Waals surface area contributed by atoms with Crippen molar-refractivity contribution in [1.29, 1.82) is 0 Å². The van der Waals surface area contributed by atoms with Gasteiger partial charge >= 0.3 is 0 Å². The molecule has 2 heterocycles. The van der Waals surface area contributed by atoms with Gasteiger partial charge in [0.05, 0.1) is 0 Å². The van der Waals surface area contributed by atoms with Crippen LogP contribution in [-0.2, 0) is 0 Å². The van der Waals surface area contributed by atoms with E-state index in [9.17, 15) is 4.79 Å². The van der Waals surface area contributed by atoms with Crippen LogP contribution in [0.1, 0.15) is 47.8 Å². The van der Waals surface area contributed by atoms with E-state index in [0.29, 0.717) is 12.2 Å². The summed E-state index contributed by atoms with van der Waals surface area (Å²) in [7, 11) is 0. The molecule has 1 fully saturated rings. The fraction of sp³-hybridized carbons (Fsp3) is 0.444. The zero-order chi connectivity index (χ0) is 16.4. The molecule has 3 N–H and O–H groups in total. The molecule has 1 aromatic heterocycles. The minimum Gasteiger partial charge on any atom is -0.487 e. The van der Waals surface area contributed by atoms with Crippen molar-refractivity contribution in [3.05, 3.63) is 47.8 Å². The van der Waals surface area contributed by atoms with Gasteiger partial charge in [0.25, 0.3) is 5.91 Å². The van der Waals surface area contributed by atoms with E-state index >= 15 is 0 Å². The average molecular weight is 326 g/mol. The number of fused-ring (bicyclic) bond motifs is 1. The summed E-state index contributed by atoms with van der Waals surface area (Å²) < 4.78 is 6.26. The standard InChI is InChI=1S/C18H22N4O2/c23-17(14-6-9-21-22-14)20-11-10-19-15-12-18(7-3-8-18)24-16-5-2-1-4-13(15)16/h1-2,4-6,9,15,19H,3,7-8,10-12H2,(H,20,23)(H,21,22)/t15-/m1/s1. The molecule has 1 aliphatic carbocycles. The molecular weight excluding hydrogens is 304 g/mol. The number of amides is 1. The van der Waals surface area contributed by atoms with Gasteiger partial charge in [-0.3, -0.25) is 9.89 Å². The van der Waals surface area contributed by atoms with E-state index in [-0.39, 0.29) is 17.6 Å². The van der Waals surface area contributed by atoms with Crippen LogP contribution in [0.25, 0.3) is 0 Å². The van der Waals surface area contributed by atoms with Gasteiger partial charge in [-0.2, -0.15) is 5.10 Å². The fourth-order valence-electron chi connectivity index (χ4n) is 3.58. The SMILES string of the molecule is O=C(NCCN[C@@H]1CC2(CCC2)Oc2ccccc21)c1ccn[nH]1. The highest BCUT2D eigenvalue weighted by Gasteiger charge is 2.45. The van der Waals surface area contributed by atoms with Crippen molar-refractivity contribution in [2.24, 2.45) is 0 Å². The van der Waals surface area contributed by atoms with Crippen LogP contribution in [0.2, 0.25) is 0 Å². The summed E-state index contributed by atoms with van der Waals surface area (Å²) >= 11 is 0. The van der Waals surface area contributed by atoms with Crippen LogP contribution in [0.3, 0.4) is 0 Å². The Bertz CT molecular complexity index is 710. The lowest BCUT2D eigenvalue weighted by Gasteiger charge is -2.48. The Morgan fingerprint density at radius 2 is 2.17 bits per heavy atom. The second-order valence-corrected chi connectivity index (χ2v) is 6.61. The number of benzene rings is 1. The van der Waals surface area contributed by atoms with Crippen LogP contribution in [-0.4, -0.2) is 34.8 Å². The number of ether oxygens (including phenoxy) is 1. The summed E-state index contributed by atoms with van der Waals surface area (Å²) in [5.74, 6) is 0.875. The summed E-state index contributed by atoms with van der Waals surface area (Å²) in [6.45, 7) is 1.29. The average Bonchev–Trinajstić information content (AvgIpc) is 3.11. The van der Waals surface area contributed by atoms with Crippen LogP contribution >= 0.6 is 0 Å². The summed E-state index contributed by atoms with van der Waals surface area (Å²) in [5, 5.41) is 12.9. The summed E-state index contributed by atoms with van der Waals surface area (Å²) in [6, 6.07) is 10.2. The third kappa shape index (κ3) is 2.89. The van der Waals surface area contributed by atoms with E-state index in [1.165, 1.54) is 12.0 Å². The van der Waals surface area contributed by atoms with Gasteiger partial charge in [-0.15, -0.1) is 0 Å². The molecule has 0 unspecified atom stereocenters. The Balaban J connectivity index is 1.35. The van der Waals surface area contributed by atoms with E-state index < -0.39 is 0 Å². The number of rotatable bonds is 5. The number of carbonyl (C=O) groups is 1. The number of para-hydroxylation sites is 1. The van der Waals surface area contributed by atoms with Crippen LogP contribution in [0, 0.1) is 0 Å². The molecule has 4 rings (SSSR count). The maximum absolute atomic E-state index is 11.9. The van der Waals surface area contributed by atoms with E-state index in [1.807, 2.05) is 6.07 Å². The molecule has 24 heavy (non-hydrogen) atoms. The lowest BCUT2D eigenvalue weighted by Crippen LogP contribution is -2.49. The quantitative estimate of drug-likeness (QED) is 0.736. The number of aromatic nitrogens is 2. The minimum atomic E-state index is -0.128. The summed E-state index contributed by atoms with van der Waals surface area (Å²) in [4.78, 5) is 11.9. The van der Waals surface area contributed by atoms with Gasteiger partial charge in [0.1, 0.15) is 17.0 Å². The van der Waals surface area contributed by atoms with Crippen molar-refractivity contribution < 1.29 is 9.53 Å². The third-order valence-electron chi connectivity index (χ3n) is 5.01. The predicted octanol–water partition coefficient (Wildman–Crippen LogP) is 2.18. The van der Waals surface area contributed by atoms with Crippen LogP contribution < -0.4 is 15.4 Å². The van der Waals surface area contributed by atoms with E-state index in [2.05, 4.69) is 39.0 Å². The lowest BCUT2D eigenvalue weighted by molar-refractivity contribution is -0.0368. The predicted molar refractivity (Wildman–Crippen MR) is 89.9 cm³/mol. The van der Waals surface area contributed by atoms with Crippen LogP contribution in [0.15, 0.2) is 36.5 Å². The number of hydrogen-bond donors (Lipinski definition) is 3. The van der Waals surface area contributed by atoms with Crippen molar-refractivity contribution in [1.82, 2.24) is 20.8 Å². The molecule has 1 aliphatic heterocycles. The van der Waals surface area contributed by atoms with Gasteiger partial charge in [-0.25, -0.2) is 0 Å². The number of hydrogen-bond acceptors (Lipinski definition) is 4. The van der Waals surface area contributed by atoms with E-state index in [0.717, 1.165) is 31.6 Å². The van der Waals surface area contributed by atoms with E-state index in [1.54, 1.807) is 12.3 Å². The summed E-state index contributed by atoms with van der Waals surface area (Å²) in [6.07, 6.45) is 6.09. The van der Waals surface area contributed by atoms with Gasteiger partial charge in [-0.1, -0.05) is 18.2 Å². The highest BCUT2D eigenvalue weighted by atomic mass is 16.5. The summed E-state index contributed by atoms with van der Waals surface area (Å²) in [5.41, 5.74) is 1.72. The van der Waals surface area contributed by atoms with Crippen molar-refractivity contribution in [3.8, 4) is 5.75 Å². The van der Waals surface area contributed by atoms with Gasteiger partial charge in [0.2, 0.25) is 0 Å². The molecule has 2 aromatic rings. The zero-order valence-corrected chi connectivity index (χ0v) is 13.5. The first-order valence-corrected chi connectivity index (χ1v) is 8.55. The smallest absolute Gasteiger partial charge is 0.269 e. The molecule has 1 atom stereocenters. The second kappa shape index (κ2) is 6.28. The molecule has 6 heteroatoms. The zero-order valence-electron chi connectivity index (χ0n) is 13.5. The topological polar surface area (TPSA) is 79.0 Å². The first kappa shape index (κ1) is 15.2. The normalized spacial score (nSPS) is 20.8. The molecule has 0 radical (unpaired) electrons. The molecule has 1 amide bonds. The Morgan fingerprint density at radius 1 is 1.29 bits per heavy atom. The van der Waals surface area contributed by atoms with Crippen molar-refractivity contribution in [3.63, 3.8) is 0 Å². The Kier molecular flexibility index (Phi) is 3.98. The molecular formula is C18H22N4O2. The maximum atomic E-state index is 11.9. The van der Waals surface area contributed by atoms with Gasteiger partial charge < -0.3 is 15.4 Å². The molecule has 0 saturated heterocycles. The molecule has 2 aliphatic rings. The number of carbonyl (C=O) groups excluding carboxylic acids is 1. The Morgan fingerprint density at radius 3 is 2.92 bits per heavy atom. The number of H-pyrrole nitrogens is 1. The third-order valence-corrected chi connectivity index (χ3v) is 5.01. The van der Waals surface area contributed by atoms with Crippen molar-refractivity contribution in [2.75, 3.05) is 13.1 Å². The molecule has 0 bridgehead atoms. The Labute approximate surface area is 141 Å². The molecule has 6 nitrogen and oxygen atoms in total. The lowest BCUT2D eigenvalue weighted by atomic mass is 9.73. The second-order valence-electron chi connectivity index (χ2n) is 6.61. The monoisotopic (exact) mass is 326 g/mol. The van der Waals surface area contributed by atoms with E-state index in [4.69, 9.17) is 4.74 Å². The Hall–Kier alpha value is -2.34. The molecule has 1 spiro atoms. The highest BCUT2D eigenvalue weighted by molar-refractivity contribution is 5.92. The number of aromatic amines is 1. The van der Waals surface area contributed by atoms with Crippen LogP contribution in [0.5, 0.6) is 5.75 Å².